The van der Waals surface area contributed by atoms with E-state index in [1.54, 1.807) is 24.4 Å². The minimum Gasteiger partial charge on any atom is -0.384 e. The Labute approximate surface area is 178 Å². The number of nitrogens with two attached hydrogens (primary N) is 1. The van der Waals surface area contributed by atoms with Crippen LogP contribution in [-0.2, 0) is 13.0 Å². The average Bonchev–Trinajstić information content (AvgIpc) is 3.09. The minimum atomic E-state index is -0.177. The van der Waals surface area contributed by atoms with Crippen molar-refractivity contribution >= 4 is 34.2 Å². The van der Waals surface area contributed by atoms with Gasteiger partial charge in [0.15, 0.2) is 0 Å². The average molecular weight is 421 g/mol. The van der Waals surface area contributed by atoms with Crippen molar-refractivity contribution in [3.8, 4) is 0 Å². The van der Waals surface area contributed by atoms with Crippen molar-refractivity contribution in [1.82, 2.24) is 25.5 Å². The number of rotatable bonds is 5. The topological polar surface area (TPSA) is 110 Å². The molecule has 4 aromatic rings. The summed E-state index contributed by atoms with van der Waals surface area (Å²) in [4.78, 5) is 21.4. The summed E-state index contributed by atoms with van der Waals surface area (Å²) in [5.41, 5.74) is 11.6. The molecule has 0 spiro atoms. The van der Waals surface area contributed by atoms with Crippen LogP contribution in [0.3, 0.4) is 0 Å². The van der Waals surface area contributed by atoms with Crippen molar-refractivity contribution in [1.29, 1.82) is 0 Å². The lowest BCUT2D eigenvalue weighted by atomic mass is 10.1. The molecule has 0 radical (unpaired) electrons. The van der Waals surface area contributed by atoms with E-state index in [-0.39, 0.29) is 5.91 Å². The zero-order valence-corrected chi connectivity index (χ0v) is 17.4. The first-order chi connectivity index (χ1) is 14.4. The first-order valence-electron chi connectivity index (χ1n) is 9.49. The summed E-state index contributed by atoms with van der Waals surface area (Å²) < 4.78 is 0. The molecule has 0 aliphatic heterocycles. The number of fused-ring (bicyclic) bond motifs is 1. The van der Waals surface area contributed by atoms with Gasteiger partial charge in [-0.3, -0.25) is 14.9 Å². The summed E-state index contributed by atoms with van der Waals surface area (Å²) in [7, 11) is 0. The van der Waals surface area contributed by atoms with Crippen LogP contribution in [0.15, 0.2) is 42.6 Å². The number of aromatic amines is 1. The Bertz CT molecular complexity index is 1230. The molecule has 30 heavy (non-hydrogen) atoms. The number of aromatic nitrogens is 4. The van der Waals surface area contributed by atoms with Gasteiger partial charge in [0.1, 0.15) is 5.82 Å². The number of anilines is 1. The fraction of sp³-hybridized carbons (Fsp3) is 0.182. The van der Waals surface area contributed by atoms with Crippen LogP contribution in [0.5, 0.6) is 0 Å². The monoisotopic (exact) mass is 420 g/mol. The third kappa shape index (κ3) is 4.11. The Morgan fingerprint density at radius 1 is 1.20 bits per heavy atom. The number of halogens is 1. The second-order valence-electron chi connectivity index (χ2n) is 7.18. The number of amides is 1. The van der Waals surface area contributed by atoms with Crippen LogP contribution in [0.25, 0.3) is 10.9 Å². The van der Waals surface area contributed by atoms with E-state index in [0.717, 1.165) is 39.1 Å². The molecule has 0 unspecified atom stereocenters. The van der Waals surface area contributed by atoms with Crippen LogP contribution in [0.4, 0.5) is 5.82 Å². The number of pyridine rings is 2. The molecule has 1 aromatic carbocycles. The Hall–Kier alpha value is -3.45. The molecule has 0 bridgehead atoms. The summed E-state index contributed by atoms with van der Waals surface area (Å²) in [6, 6.07) is 10.9. The van der Waals surface area contributed by atoms with Gasteiger partial charge in [-0.05, 0) is 61.4 Å². The highest BCUT2D eigenvalue weighted by Gasteiger charge is 2.12. The van der Waals surface area contributed by atoms with E-state index in [2.05, 4.69) is 25.5 Å². The van der Waals surface area contributed by atoms with E-state index in [4.69, 9.17) is 17.3 Å². The number of nitrogens with zero attached hydrogens (tertiary/aromatic N) is 3. The first-order valence-corrected chi connectivity index (χ1v) is 9.86. The lowest BCUT2D eigenvalue weighted by Crippen LogP contribution is -2.24. The largest absolute Gasteiger partial charge is 0.384 e. The number of H-pyrrole nitrogens is 1. The van der Waals surface area contributed by atoms with E-state index < -0.39 is 0 Å². The summed E-state index contributed by atoms with van der Waals surface area (Å²) in [6.45, 7) is 4.22. The molecule has 0 aliphatic carbocycles. The van der Waals surface area contributed by atoms with E-state index >= 15 is 0 Å². The van der Waals surface area contributed by atoms with Gasteiger partial charge in [0.25, 0.3) is 5.91 Å². The zero-order chi connectivity index (χ0) is 21.3. The number of carbonyl (C=O) groups excluding carboxylic acids is 1. The van der Waals surface area contributed by atoms with Crippen LogP contribution in [0, 0.1) is 13.8 Å². The molecule has 0 saturated carbocycles. The fourth-order valence-electron chi connectivity index (χ4n) is 3.49. The Morgan fingerprint density at radius 2 is 2.03 bits per heavy atom. The van der Waals surface area contributed by atoms with Crippen molar-refractivity contribution in [3.63, 3.8) is 0 Å². The number of hydrogen-bond acceptors (Lipinski definition) is 5. The normalized spacial score (nSPS) is 11.0. The fourth-order valence-corrected chi connectivity index (χ4v) is 3.66. The van der Waals surface area contributed by atoms with Crippen molar-refractivity contribution in [2.45, 2.75) is 26.8 Å². The summed E-state index contributed by atoms with van der Waals surface area (Å²) >= 11 is 6.11. The highest BCUT2D eigenvalue weighted by Crippen LogP contribution is 2.22. The molecule has 4 N–H and O–H groups in total. The van der Waals surface area contributed by atoms with Crippen LogP contribution < -0.4 is 11.1 Å². The van der Waals surface area contributed by atoms with E-state index in [1.807, 2.05) is 32.0 Å². The molecule has 1 amide bonds. The van der Waals surface area contributed by atoms with Crippen LogP contribution in [0.1, 0.15) is 38.6 Å². The summed E-state index contributed by atoms with van der Waals surface area (Å²) in [5.74, 6) is 0.301. The van der Waals surface area contributed by atoms with Crippen LogP contribution in [0.2, 0.25) is 5.02 Å². The molecular formula is C22H21ClN6O. The minimum absolute atomic E-state index is 0.177. The maximum absolute atomic E-state index is 12.7. The van der Waals surface area contributed by atoms with Crippen LogP contribution >= 0.6 is 11.6 Å². The predicted molar refractivity (Wildman–Crippen MR) is 117 cm³/mol. The molecule has 0 fully saturated rings. The molecule has 3 aromatic heterocycles. The standard InChI is InChI=1S/C22H21ClN6O/c1-12-7-21(24)27-13(2)18(12)11-26-22(30)14-5-6-25-16(8-14)10-20-17-9-15(23)3-4-19(17)28-29-20/h3-9H,10-11H2,1-2H3,(H2,24,27)(H,26,30)(H,28,29). The number of aryl methyl sites for hydroxylation is 2. The van der Waals surface area contributed by atoms with E-state index in [9.17, 15) is 4.79 Å². The Kier molecular flexibility index (Phi) is 5.37. The molecule has 8 heteroatoms. The van der Waals surface area contributed by atoms with Gasteiger partial charge in [-0.15, -0.1) is 0 Å². The van der Waals surface area contributed by atoms with Gasteiger partial charge in [-0.2, -0.15) is 5.10 Å². The number of nitrogen functional groups attached to an aromatic ring is 1. The SMILES string of the molecule is Cc1cc(N)nc(C)c1CNC(=O)c1ccnc(Cc2n[nH]c3ccc(Cl)cc23)c1. The maximum atomic E-state index is 12.7. The highest BCUT2D eigenvalue weighted by atomic mass is 35.5. The van der Waals surface area contributed by atoms with Gasteiger partial charge < -0.3 is 11.1 Å². The van der Waals surface area contributed by atoms with Gasteiger partial charge in [0, 0.05) is 46.5 Å². The molecule has 0 saturated heterocycles. The molecule has 4 rings (SSSR count). The van der Waals surface area contributed by atoms with Gasteiger partial charge in [0.2, 0.25) is 0 Å². The summed E-state index contributed by atoms with van der Waals surface area (Å²) in [6.07, 6.45) is 2.12. The molecule has 7 nitrogen and oxygen atoms in total. The van der Waals surface area contributed by atoms with Gasteiger partial charge in [0.05, 0.1) is 11.2 Å². The summed E-state index contributed by atoms with van der Waals surface area (Å²) in [5, 5.41) is 11.9. The highest BCUT2D eigenvalue weighted by molar-refractivity contribution is 6.31. The maximum Gasteiger partial charge on any atom is 0.251 e. The Morgan fingerprint density at radius 3 is 2.83 bits per heavy atom. The second-order valence-corrected chi connectivity index (χ2v) is 7.62. The third-order valence-corrected chi connectivity index (χ3v) is 5.27. The Balaban J connectivity index is 1.50. The smallest absolute Gasteiger partial charge is 0.251 e. The van der Waals surface area contributed by atoms with Gasteiger partial charge in [-0.1, -0.05) is 11.6 Å². The number of carbonyl (C=O) groups is 1. The lowest BCUT2D eigenvalue weighted by Gasteiger charge is -2.12. The molecule has 0 aliphatic rings. The first kappa shape index (κ1) is 19.8. The van der Waals surface area contributed by atoms with Gasteiger partial charge >= 0.3 is 0 Å². The van der Waals surface area contributed by atoms with Crippen molar-refractivity contribution in [2.24, 2.45) is 0 Å². The third-order valence-electron chi connectivity index (χ3n) is 5.03. The second kappa shape index (κ2) is 8.12. The zero-order valence-electron chi connectivity index (χ0n) is 16.7. The number of benzene rings is 1. The van der Waals surface area contributed by atoms with Crippen LogP contribution in [-0.4, -0.2) is 26.1 Å². The number of hydrogen-bond donors (Lipinski definition) is 3. The quantitative estimate of drug-likeness (QED) is 0.455. The van der Waals surface area contributed by atoms with Crippen molar-refractivity contribution in [2.75, 3.05) is 5.73 Å². The van der Waals surface area contributed by atoms with E-state index in [0.29, 0.717) is 29.4 Å². The van der Waals surface area contributed by atoms with Crippen molar-refractivity contribution in [3.05, 3.63) is 81.4 Å². The molecule has 152 valence electrons. The molecular weight excluding hydrogens is 400 g/mol. The lowest BCUT2D eigenvalue weighted by molar-refractivity contribution is 0.0950. The predicted octanol–water partition coefficient (Wildman–Crippen LogP) is 3.73. The molecule has 0 atom stereocenters. The van der Waals surface area contributed by atoms with E-state index in [1.165, 1.54) is 0 Å². The van der Waals surface area contributed by atoms with Crippen molar-refractivity contribution < 1.29 is 4.79 Å². The van der Waals surface area contributed by atoms with Gasteiger partial charge in [-0.25, -0.2) is 4.98 Å². The number of nitrogens with one attached hydrogen (secondary N) is 2. The molecule has 3 heterocycles.